The molecule has 3 rings (SSSR count). The minimum absolute atomic E-state index is 0. The molecule has 184 valence electrons. The van der Waals surface area contributed by atoms with Gasteiger partial charge in [0.25, 0.3) is 5.69 Å². The van der Waals surface area contributed by atoms with Crippen LogP contribution in [0.4, 0.5) is 10.8 Å². The number of aromatic nitrogens is 1. The molecule has 0 fully saturated rings. The molecular weight excluding hydrogens is 523 g/mol. The average Bonchev–Trinajstić information content (AvgIpc) is 3.19. The molecular formula is C21H24Cl2N4O5S2. The lowest BCUT2D eigenvalue weighted by molar-refractivity contribution is -0.384. The Morgan fingerprint density at radius 1 is 1.12 bits per heavy atom. The molecule has 0 spiro atoms. The number of carbonyl (C=O) groups excluding carboxylic acids is 1. The van der Waals surface area contributed by atoms with Crippen LogP contribution < -0.4 is 4.90 Å². The zero-order valence-electron chi connectivity index (χ0n) is 18.5. The van der Waals surface area contributed by atoms with E-state index in [9.17, 15) is 23.3 Å². The maximum absolute atomic E-state index is 13.2. The van der Waals surface area contributed by atoms with E-state index < -0.39 is 26.4 Å². The van der Waals surface area contributed by atoms with Gasteiger partial charge in [-0.15, -0.1) is 12.4 Å². The van der Waals surface area contributed by atoms with Crippen molar-refractivity contribution in [3.63, 3.8) is 0 Å². The molecule has 0 saturated heterocycles. The Morgan fingerprint density at radius 3 is 2.35 bits per heavy atom. The second kappa shape index (κ2) is 11.9. The Labute approximate surface area is 212 Å². The van der Waals surface area contributed by atoms with Gasteiger partial charge in [-0.3, -0.25) is 19.8 Å². The molecule has 0 aliphatic carbocycles. The van der Waals surface area contributed by atoms with Crippen LogP contribution in [0.5, 0.6) is 0 Å². The number of nitrogens with zero attached hydrogens (tertiary/aromatic N) is 4. The number of sulfone groups is 1. The molecule has 1 aromatic heterocycles. The van der Waals surface area contributed by atoms with Crippen LogP contribution in [0.25, 0.3) is 10.2 Å². The summed E-state index contributed by atoms with van der Waals surface area (Å²) >= 11 is 6.96. The average molecular weight is 547 g/mol. The van der Waals surface area contributed by atoms with Crippen LogP contribution in [-0.2, 0) is 14.6 Å². The molecule has 0 saturated carbocycles. The number of halogens is 2. The third-order valence-electron chi connectivity index (χ3n) is 5.12. The molecule has 0 radical (unpaired) electrons. The number of rotatable bonds is 10. The van der Waals surface area contributed by atoms with Crippen LogP contribution in [0.3, 0.4) is 0 Å². The number of nitro benzene ring substituents is 1. The Kier molecular flexibility index (Phi) is 9.77. The van der Waals surface area contributed by atoms with Gasteiger partial charge in [0, 0.05) is 30.2 Å². The van der Waals surface area contributed by atoms with Crippen molar-refractivity contribution in [1.29, 1.82) is 0 Å². The molecule has 0 atom stereocenters. The summed E-state index contributed by atoms with van der Waals surface area (Å²) in [5.41, 5.74) is 0.422. The summed E-state index contributed by atoms with van der Waals surface area (Å²) in [6.45, 7) is 6.30. The Morgan fingerprint density at radius 2 is 1.76 bits per heavy atom. The second-order valence-corrected chi connectivity index (χ2v) is 10.6. The fourth-order valence-electron chi connectivity index (χ4n) is 3.20. The number of benzene rings is 2. The molecule has 2 aromatic carbocycles. The second-order valence-electron chi connectivity index (χ2n) is 7.19. The van der Waals surface area contributed by atoms with E-state index in [0.29, 0.717) is 26.9 Å². The number of hydrogen-bond donors (Lipinski definition) is 0. The van der Waals surface area contributed by atoms with E-state index in [-0.39, 0.29) is 29.5 Å². The van der Waals surface area contributed by atoms with Crippen LogP contribution in [0.15, 0.2) is 47.4 Å². The highest BCUT2D eigenvalue weighted by Crippen LogP contribution is 2.32. The van der Waals surface area contributed by atoms with Crippen molar-refractivity contribution in [2.75, 3.05) is 36.8 Å². The molecule has 0 bridgehead atoms. The lowest BCUT2D eigenvalue weighted by Crippen LogP contribution is -2.41. The smallest absolute Gasteiger partial charge is 0.270 e. The van der Waals surface area contributed by atoms with Gasteiger partial charge in [0.2, 0.25) is 5.91 Å². The first-order chi connectivity index (χ1) is 15.6. The van der Waals surface area contributed by atoms with Gasteiger partial charge < -0.3 is 4.90 Å². The summed E-state index contributed by atoms with van der Waals surface area (Å²) < 4.78 is 26.2. The Bertz CT molecular complexity index is 1260. The van der Waals surface area contributed by atoms with Crippen LogP contribution in [-0.4, -0.2) is 61.1 Å². The van der Waals surface area contributed by atoms with Crippen molar-refractivity contribution < 1.29 is 18.1 Å². The number of thiazole rings is 1. The lowest BCUT2D eigenvalue weighted by Gasteiger charge is -2.24. The van der Waals surface area contributed by atoms with Gasteiger partial charge in [-0.1, -0.05) is 36.8 Å². The van der Waals surface area contributed by atoms with E-state index in [2.05, 4.69) is 9.88 Å². The number of likely N-dealkylation sites (N-methyl/N-ethyl adjacent to an activating group) is 1. The van der Waals surface area contributed by atoms with E-state index in [1.807, 2.05) is 13.8 Å². The number of carbonyl (C=O) groups is 1. The number of non-ortho nitro benzene ring substituents is 1. The molecule has 0 unspecified atom stereocenters. The van der Waals surface area contributed by atoms with Gasteiger partial charge in [-0.2, -0.15) is 0 Å². The zero-order chi connectivity index (χ0) is 24.2. The molecule has 34 heavy (non-hydrogen) atoms. The third-order valence-corrected chi connectivity index (χ3v) is 8.03. The van der Waals surface area contributed by atoms with Gasteiger partial charge in [-0.05, 0) is 43.4 Å². The van der Waals surface area contributed by atoms with E-state index >= 15 is 0 Å². The van der Waals surface area contributed by atoms with E-state index in [0.717, 1.165) is 24.4 Å². The van der Waals surface area contributed by atoms with E-state index in [4.69, 9.17) is 11.6 Å². The summed E-state index contributed by atoms with van der Waals surface area (Å²) in [4.78, 5) is 31.7. The monoisotopic (exact) mass is 546 g/mol. The number of hydrogen-bond acceptors (Lipinski definition) is 8. The highest BCUT2D eigenvalue weighted by molar-refractivity contribution is 7.92. The maximum Gasteiger partial charge on any atom is 0.270 e. The lowest BCUT2D eigenvalue weighted by atomic mass is 10.3. The van der Waals surface area contributed by atoms with Crippen molar-refractivity contribution in [3.05, 3.63) is 57.6 Å². The molecule has 0 aliphatic rings. The number of anilines is 1. The molecule has 3 aromatic rings. The minimum Gasteiger partial charge on any atom is -0.302 e. The first-order valence-corrected chi connectivity index (χ1v) is 13.0. The van der Waals surface area contributed by atoms with Crippen molar-refractivity contribution in [3.8, 4) is 0 Å². The molecule has 9 nitrogen and oxygen atoms in total. The summed E-state index contributed by atoms with van der Waals surface area (Å²) in [5, 5.41) is 11.8. The molecule has 0 aliphatic heterocycles. The van der Waals surface area contributed by atoms with Crippen LogP contribution in [0.2, 0.25) is 5.02 Å². The van der Waals surface area contributed by atoms with Gasteiger partial charge in [0.15, 0.2) is 15.0 Å². The molecule has 0 N–H and O–H groups in total. The Hall–Kier alpha value is -2.31. The fourth-order valence-corrected chi connectivity index (χ4v) is 5.57. The van der Waals surface area contributed by atoms with Gasteiger partial charge in [0.05, 0.1) is 20.0 Å². The number of amides is 1. The molecule has 13 heteroatoms. The summed E-state index contributed by atoms with van der Waals surface area (Å²) in [7, 11) is -3.90. The van der Waals surface area contributed by atoms with Gasteiger partial charge in [-0.25, -0.2) is 13.4 Å². The third kappa shape index (κ3) is 6.63. The van der Waals surface area contributed by atoms with E-state index in [1.54, 1.807) is 0 Å². The van der Waals surface area contributed by atoms with Crippen molar-refractivity contribution in [2.45, 2.75) is 18.7 Å². The van der Waals surface area contributed by atoms with Crippen molar-refractivity contribution in [1.82, 2.24) is 9.88 Å². The standard InChI is InChI=1S/C21H23ClN4O5S2.ClH/c1-3-24(4-2)11-12-25(20(27)14-33(30,31)17-8-5-15(22)6-9-17)21-23-18-10-7-16(26(28)29)13-19(18)32-21;/h5-10,13H,3-4,11-12,14H2,1-2H3;1H. The summed E-state index contributed by atoms with van der Waals surface area (Å²) in [6.07, 6.45) is 0. The normalized spacial score (nSPS) is 11.4. The van der Waals surface area contributed by atoms with Crippen molar-refractivity contribution >= 4 is 72.1 Å². The predicted molar refractivity (Wildman–Crippen MR) is 137 cm³/mol. The zero-order valence-corrected chi connectivity index (χ0v) is 21.7. The summed E-state index contributed by atoms with van der Waals surface area (Å²) in [6, 6.07) is 9.90. The minimum atomic E-state index is -3.90. The SMILES string of the molecule is CCN(CC)CCN(C(=O)CS(=O)(=O)c1ccc(Cl)cc1)c1nc2ccc([N+](=O)[O-])cc2s1.Cl. The predicted octanol–water partition coefficient (Wildman–Crippen LogP) is 4.43. The topological polar surface area (TPSA) is 114 Å². The van der Waals surface area contributed by atoms with Crippen molar-refractivity contribution in [2.24, 2.45) is 0 Å². The maximum atomic E-state index is 13.2. The molecule has 1 heterocycles. The highest BCUT2D eigenvalue weighted by Gasteiger charge is 2.27. The van der Waals surface area contributed by atoms with Crippen LogP contribution >= 0.6 is 35.3 Å². The Balaban J connectivity index is 0.00000408. The summed E-state index contributed by atoms with van der Waals surface area (Å²) in [5.74, 6) is -1.35. The van der Waals surface area contributed by atoms with Crippen LogP contribution in [0, 0.1) is 10.1 Å². The van der Waals surface area contributed by atoms with Crippen LogP contribution in [0.1, 0.15) is 13.8 Å². The van der Waals surface area contributed by atoms with Gasteiger partial charge >= 0.3 is 0 Å². The fraction of sp³-hybridized carbons (Fsp3) is 0.333. The number of fused-ring (bicyclic) bond motifs is 1. The quantitative estimate of drug-likeness (QED) is 0.273. The largest absolute Gasteiger partial charge is 0.302 e. The van der Waals surface area contributed by atoms with Gasteiger partial charge in [0.1, 0.15) is 5.75 Å². The first kappa shape index (κ1) is 27.9. The highest BCUT2D eigenvalue weighted by atomic mass is 35.5. The first-order valence-electron chi connectivity index (χ1n) is 10.2. The number of nitro groups is 1. The van der Waals surface area contributed by atoms with E-state index in [1.165, 1.54) is 47.4 Å². The molecule has 1 amide bonds.